The van der Waals surface area contributed by atoms with Crippen molar-refractivity contribution in [3.63, 3.8) is 0 Å². The molecule has 0 bridgehead atoms. The van der Waals surface area contributed by atoms with E-state index in [1.54, 1.807) is 0 Å². The van der Waals surface area contributed by atoms with Crippen LogP contribution in [-0.4, -0.2) is 36.6 Å². The van der Waals surface area contributed by atoms with Crippen LogP contribution < -0.4 is 5.32 Å². The number of rotatable bonds is 6. The molecular weight excluding hydrogens is 196 g/mol. The van der Waals surface area contributed by atoms with Crippen LogP contribution in [0.3, 0.4) is 0 Å². The van der Waals surface area contributed by atoms with Gasteiger partial charge in [0.25, 0.3) is 0 Å². The van der Waals surface area contributed by atoms with E-state index in [4.69, 9.17) is 0 Å². The van der Waals surface area contributed by atoms with Gasteiger partial charge in [0.15, 0.2) is 0 Å². The third kappa shape index (κ3) is 4.84. The van der Waals surface area contributed by atoms with Crippen molar-refractivity contribution >= 4 is 0 Å². The molecule has 2 atom stereocenters. The van der Waals surface area contributed by atoms with E-state index in [2.05, 4.69) is 37.9 Å². The summed E-state index contributed by atoms with van der Waals surface area (Å²) >= 11 is 0. The van der Waals surface area contributed by atoms with Gasteiger partial charge in [-0.2, -0.15) is 0 Å². The van der Waals surface area contributed by atoms with E-state index in [-0.39, 0.29) is 0 Å². The van der Waals surface area contributed by atoms with Crippen molar-refractivity contribution in [2.24, 2.45) is 5.92 Å². The van der Waals surface area contributed by atoms with Gasteiger partial charge in [-0.15, -0.1) is 0 Å². The minimum absolute atomic E-state index is 0.616. The maximum atomic E-state index is 3.54. The second-order valence-corrected chi connectivity index (χ2v) is 5.72. The molecule has 1 aliphatic rings. The normalized spacial score (nSPS) is 24.9. The zero-order valence-electron chi connectivity index (χ0n) is 11.6. The van der Waals surface area contributed by atoms with Crippen molar-refractivity contribution in [1.82, 2.24) is 10.2 Å². The van der Waals surface area contributed by atoms with Crippen molar-refractivity contribution in [2.45, 2.75) is 65.5 Å². The molecule has 1 heterocycles. The average molecular weight is 226 g/mol. The fourth-order valence-corrected chi connectivity index (χ4v) is 2.66. The predicted octanol–water partition coefficient (Wildman–Crippen LogP) is 2.89. The molecule has 0 saturated carbocycles. The predicted molar refractivity (Wildman–Crippen MR) is 71.8 cm³/mol. The Balaban J connectivity index is 2.27. The molecule has 16 heavy (non-hydrogen) atoms. The molecule has 0 aromatic carbocycles. The van der Waals surface area contributed by atoms with Gasteiger partial charge in [-0.25, -0.2) is 0 Å². The minimum Gasteiger partial charge on any atom is -0.314 e. The highest BCUT2D eigenvalue weighted by Crippen LogP contribution is 2.20. The summed E-state index contributed by atoms with van der Waals surface area (Å²) in [6, 6.07) is 1.47. The lowest BCUT2D eigenvalue weighted by Gasteiger charge is -2.37. The number of likely N-dealkylation sites (tertiary alicyclic amines) is 1. The first-order valence-corrected chi connectivity index (χ1v) is 7.11. The van der Waals surface area contributed by atoms with Gasteiger partial charge in [-0.3, -0.25) is 0 Å². The molecule has 1 aliphatic heterocycles. The molecule has 0 aromatic heterocycles. The average Bonchev–Trinajstić information content (AvgIpc) is 2.27. The van der Waals surface area contributed by atoms with Crippen LogP contribution in [0.5, 0.6) is 0 Å². The third-order valence-corrected chi connectivity index (χ3v) is 3.64. The van der Waals surface area contributed by atoms with Crippen LogP contribution in [0.4, 0.5) is 0 Å². The lowest BCUT2D eigenvalue weighted by molar-refractivity contribution is 0.124. The highest BCUT2D eigenvalue weighted by atomic mass is 15.2. The van der Waals surface area contributed by atoms with Gasteiger partial charge in [-0.05, 0) is 38.3 Å². The summed E-state index contributed by atoms with van der Waals surface area (Å²) in [7, 11) is 0. The quantitative estimate of drug-likeness (QED) is 0.749. The smallest absolute Gasteiger partial charge is 0.00927 e. The van der Waals surface area contributed by atoms with Gasteiger partial charge in [-0.1, -0.05) is 34.1 Å². The first kappa shape index (κ1) is 14.0. The number of hydrogen-bond donors (Lipinski definition) is 1. The summed E-state index contributed by atoms with van der Waals surface area (Å²) < 4.78 is 0. The molecule has 1 rings (SSSR count). The maximum absolute atomic E-state index is 3.54. The monoisotopic (exact) mass is 226 g/mol. The maximum Gasteiger partial charge on any atom is 0.00927 e. The number of nitrogens with zero attached hydrogens (tertiary/aromatic N) is 1. The fraction of sp³-hybridized carbons (Fsp3) is 1.00. The van der Waals surface area contributed by atoms with Gasteiger partial charge < -0.3 is 10.2 Å². The zero-order valence-corrected chi connectivity index (χ0v) is 11.6. The number of piperidine rings is 1. The minimum atomic E-state index is 0.616. The van der Waals surface area contributed by atoms with E-state index in [0.29, 0.717) is 6.04 Å². The van der Waals surface area contributed by atoms with E-state index < -0.39 is 0 Å². The summed E-state index contributed by atoms with van der Waals surface area (Å²) in [6.07, 6.45) is 5.58. The molecule has 0 aromatic rings. The van der Waals surface area contributed by atoms with E-state index in [1.807, 2.05) is 0 Å². The molecule has 2 nitrogen and oxygen atoms in total. The Bertz CT molecular complexity index is 180. The largest absolute Gasteiger partial charge is 0.314 e. The van der Waals surface area contributed by atoms with E-state index in [1.165, 1.54) is 38.8 Å². The van der Waals surface area contributed by atoms with Gasteiger partial charge in [0.2, 0.25) is 0 Å². The van der Waals surface area contributed by atoms with Crippen LogP contribution in [0, 0.1) is 5.92 Å². The molecule has 2 heteroatoms. The Hall–Kier alpha value is -0.0800. The molecular formula is C14H30N2. The van der Waals surface area contributed by atoms with Gasteiger partial charge in [0.1, 0.15) is 0 Å². The highest BCUT2D eigenvalue weighted by molar-refractivity contribution is 4.77. The molecule has 0 spiro atoms. The highest BCUT2D eigenvalue weighted by Gasteiger charge is 2.21. The Kier molecular flexibility index (Phi) is 6.37. The van der Waals surface area contributed by atoms with Crippen molar-refractivity contribution < 1.29 is 0 Å². The summed E-state index contributed by atoms with van der Waals surface area (Å²) in [5.41, 5.74) is 0. The van der Waals surface area contributed by atoms with Crippen LogP contribution in [-0.2, 0) is 0 Å². The van der Waals surface area contributed by atoms with E-state index in [9.17, 15) is 0 Å². The Morgan fingerprint density at radius 2 is 2.00 bits per heavy atom. The first-order valence-electron chi connectivity index (χ1n) is 7.11. The summed E-state index contributed by atoms with van der Waals surface area (Å²) in [6.45, 7) is 12.9. The summed E-state index contributed by atoms with van der Waals surface area (Å²) in [4.78, 5) is 2.72. The SMILES string of the molecule is CCC1CCCCN1CC(C)CNC(C)C. The fourth-order valence-electron chi connectivity index (χ4n) is 2.66. The summed E-state index contributed by atoms with van der Waals surface area (Å²) in [5, 5.41) is 3.54. The van der Waals surface area contributed by atoms with Crippen molar-refractivity contribution in [1.29, 1.82) is 0 Å². The molecule has 96 valence electrons. The Morgan fingerprint density at radius 1 is 1.25 bits per heavy atom. The third-order valence-electron chi connectivity index (χ3n) is 3.64. The van der Waals surface area contributed by atoms with Crippen LogP contribution in [0.25, 0.3) is 0 Å². The van der Waals surface area contributed by atoms with Gasteiger partial charge in [0, 0.05) is 18.6 Å². The first-order chi connectivity index (χ1) is 7.63. The Morgan fingerprint density at radius 3 is 2.62 bits per heavy atom. The van der Waals surface area contributed by atoms with Crippen LogP contribution in [0.2, 0.25) is 0 Å². The number of hydrogen-bond acceptors (Lipinski definition) is 2. The van der Waals surface area contributed by atoms with E-state index in [0.717, 1.165) is 18.5 Å². The lowest BCUT2D eigenvalue weighted by atomic mass is 9.98. The second kappa shape index (κ2) is 7.29. The molecule has 0 radical (unpaired) electrons. The van der Waals surface area contributed by atoms with Gasteiger partial charge in [0.05, 0.1) is 0 Å². The van der Waals surface area contributed by atoms with Crippen molar-refractivity contribution in [3.8, 4) is 0 Å². The van der Waals surface area contributed by atoms with Crippen LogP contribution in [0.1, 0.15) is 53.4 Å². The zero-order chi connectivity index (χ0) is 12.0. The molecule has 0 aliphatic carbocycles. The Labute approximate surface area is 102 Å². The topological polar surface area (TPSA) is 15.3 Å². The second-order valence-electron chi connectivity index (χ2n) is 5.72. The molecule has 1 fully saturated rings. The number of nitrogens with one attached hydrogen (secondary N) is 1. The van der Waals surface area contributed by atoms with Crippen LogP contribution in [0.15, 0.2) is 0 Å². The van der Waals surface area contributed by atoms with Gasteiger partial charge >= 0.3 is 0 Å². The van der Waals surface area contributed by atoms with E-state index >= 15 is 0 Å². The molecule has 0 amide bonds. The molecule has 2 unspecified atom stereocenters. The lowest BCUT2D eigenvalue weighted by Crippen LogP contribution is -2.43. The summed E-state index contributed by atoms with van der Waals surface area (Å²) in [5.74, 6) is 0.773. The standard InChI is InChI=1S/C14H30N2/c1-5-14-8-6-7-9-16(14)11-13(4)10-15-12(2)3/h12-15H,5-11H2,1-4H3. The van der Waals surface area contributed by atoms with Crippen molar-refractivity contribution in [3.05, 3.63) is 0 Å². The van der Waals surface area contributed by atoms with Crippen molar-refractivity contribution in [2.75, 3.05) is 19.6 Å². The molecule has 1 N–H and O–H groups in total. The van der Waals surface area contributed by atoms with Crippen LogP contribution >= 0.6 is 0 Å². The molecule has 1 saturated heterocycles.